The Bertz CT molecular complexity index is 558. The van der Waals surface area contributed by atoms with Crippen molar-refractivity contribution in [2.75, 3.05) is 5.32 Å². The molecule has 0 aliphatic heterocycles. The fourth-order valence-corrected chi connectivity index (χ4v) is 1.45. The summed E-state index contributed by atoms with van der Waals surface area (Å²) in [6.45, 7) is 0. The molecule has 1 heterocycles. The van der Waals surface area contributed by atoms with Gasteiger partial charge >= 0.3 is 0 Å². The average molecular weight is 303 g/mol. The molecule has 0 aliphatic rings. The lowest BCUT2D eigenvalue weighted by molar-refractivity contribution is 0.101. The third kappa shape index (κ3) is 2.50. The van der Waals surface area contributed by atoms with E-state index in [1.165, 1.54) is 12.3 Å². The van der Waals surface area contributed by atoms with Crippen LogP contribution in [0.1, 0.15) is 10.5 Å². The van der Waals surface area contributed by atoms with Gasteiger partial charge in [0.15, 0.2) is 5.69 Å². The predicted octanol–water partition coefficient (Wildman–Crippen LogP) is 2.97. The van der Waals surface area contributed by atoms with E-state index in [0.717, 1.165) is 12.1 Å². The highest BCUT2D eigenvalue weighted by Crippen LogP contribution is 2.23. The average Bonchev–Trinajstić information content (AvgIpc) is 2.79. The molecule has 0 saturated carbocycles. The molecule has 4 nitrogen and oxygen atoms in total. The van der Waals surface area contributed by atoms with E-state index in [2.05, 4.69) is 30.9 Å². The first-order valence-electron chi connectivity index (χ1n) is 4.44. The highest BCUT2D eigenvalue weighted by Gasteiger charge is 2.14. The fraction of sp³-hybridized carbons (Fsp3) is 0. The molecular formula is C10H5BrF2N2O2. The van der Waals surface area contributed by atoms with Crippen LogP contribution in [0.25, 0.3) is 0 Å². The summed E-state index contributed by atoms with van der Waals surface area (Å²) in [5.74, 6) is -2.11. The predicted molar refractivity (Wildman–Crippen MR) is 58.5 cm³/mol. The largest absolute Gasteiger partial charge is 0.364 e. The number of anilines is 1. The van der Waals surface area contributed by atoms with Crippen molar-refractivity contribution < 1.29 is 18.1 Å². The zero-order valence-electron chi connectivity index (χ0n) is 8.21. The Morgan fingerprint density at radius 3 is 2.76 bits per heavy atom. The molecule has 17 heavy (non-hydrogen) atoms. The minimum Gasteiger partial charge on any atom is -0.364 e. The first-order chi connectivity index (χ1) is 8.08. The molecule has 1 aromatic heterocycles. The Labute approximate surface area is 103 Å². The highest BCUT2D eigenvalue weighted by molar-refractivity contribution is 9.10. The molecule has 0 bridgehead atoms. The summed E-state index contributed by atoms with van der Waals surface area (Å²) in [4.78, 5) is 11.5. The summed E-state index contributed by atoms with van der Waals surface area (Å²) in [5.41, 5.74) is -0.286. The highest BCUT2D eigenvalue weighted by atomic mass is 79.9. The topological polar surface area (TPSA) is 55.1 Å². The van der Waals surface area contributed by atoms with E-state index in [0.29, 0.717) is 0 Å². The SMILES string of the molecule is O=C(Nc1cc(F)c(Br)cc1F)c1ccon1. The second-order valence-electron chi connectivity index (χ2n) is 3.08. The molecule has 1 aromatic carbocycles. The first-order valence-corrected chi connectivity index (χ1v) is 5.23. The third-order valence-electron chi connectivity index (χ3n) is 1.93. The number of nitrogens with one attached hydrogen (secondary N) is 1. The third-order valence-corrected chi connectivity index (χ3v) is 2.54. The van der Waals surface area contributed by atoms with Crippen molar-refractivity contribution >= 4 is 27.5 Å². The van der Waals surface area contributed by atoms with Crippen LogP contribution in [0.15, 0.2) is 33.5 Å². The number of aromatic nitrogens is 1. The van der Waals surface area contributed by atoms with Gasteiger partial charge in [-0.3, -0.25) is 4.79 Å². The van der Waals surface area contributed by atoms with Crippen molar-refractivity contribution in [2.45, 2.75) is 0 Å². The maximum atomic E-state index is 13.4. The van der Waals surface area contributed by atoms with Crippen LogP contribution in [0.4, 0.5) is 14.5 Å². The lowest BCUT2D eigenvalue weighted by Gasteiger charge is -2.05. The number of nitrogens with zero attached hydrogens (tertiary/aromatic N) is 1. The lowest BCUT2D eigenvalue weighted by Crippen LogP contribution is -2.13. The Balaban J connectivity index is 2.25. The van der Waals surface area contributed by atoms with E-state index in [-0.39, 0.29) is 15.9 Å². The van der Waals surface area contributed by atoms with Crippen LogP contribution in [0.3, 0.4) is 0 Å². The number of carbonyl (C=O) groups excluding carboxylic acids is 1. The van der Waals surface area contributed by atoms with E-state index in [9.17, 15) is 13.6 Å². The number of halogens is 3. The molecule has 0 fully saturated rings. The molecule has 2 aromatic rings. The molecule has 2 rings (SSSR count). The van der Waals surface area contributed by atoms with Gasteiger partial charge in [-0.2, -0.15) is 0 Å². The van der Waals surface area contributed by atoms with Gasteiger partial charge in [-0.15, -0.1) is 0 Å². The van der Waals surface area contributed by atoms with Crippen molar-refractivity contribution in [3.63, 3.8) is 0 Å². The molecule has 0 radical (unpaired) electrons. The van der Waals surface area contributed by atoms with Gasteiger partial charge in [0.2, 0.25) is 0 Å². The van der Waals surface area contributed by atoms with Crippen LogP contribution in [-0.2, 0) is 0 Å². The molecule has 0 atom stereocenters. The van der Waals surface area contributed by atoms with E-state index in [1.807, 2.05) is 0 Å². The van der Waals surface area contributed by atoms with E-state index in [1.54, 1.807) is 0 Å². The van der Waals surface area contributed by atoms with Gasteiger partial charge < -0.3 is 9.84 Å². The molecule has 7 heteroatoms. The summed E-state index contributed by atoms with van der Waals surface area (Å²) in [6.07, 6.45) is 1.20. The first kappa shape index (κ1) is 11.7. The minimum atomic E-state index is -0.755. The summed E-state index contributed by atoms with van der Waals surface area (Å²) < 4.78 is 31.0. The van der Waals surface area contributed by atoms with Crippen LogP contribution in [0, 0.1) is 11.6 Å². The second-order valence-corrected chi connectivity index (χ2v) is 3.94. The number of hydrogen-bond donors (Lipinski definition) is 1. The number of rotatable bonds is 2. The minimum absolute atomic E-state index is 0.0190. The quantitative estimate of drug-likeness (QED) is 0.868. The van der Waals surface area contributed by atoms with E-state index < -0.39 is 17.5 Å². The summed E-state index contributed by atoms with van der Waals surface area (Å²) in [7, 11) is 0. The van der Waals surface area contributed by atoms with Gasteiger partial charge in [0.05, 0.1) is 10.2 Å². The van der Waals surface area contributed by atoms with Gasteiger partial charge in [0, 0.05) is 12.1 Å². The van der Waals surface area contributed by atoms with Crippen molar-refractivity contribution in [3.8, 4) is 0 Å². The Morgan fingerprint density at radius 1 is 1.35 bits per heavy atom. The number of benzene rings is 1. The monoisotopic (exact) mass is 302 g/mol. The van der Waals surface area contributed by atoms with Crippen molar-refractivity contribution in [1.29, 1.82) is 0 Å². The second kappa shape index (κ2) is 4.62. The Hall–Kier alpha value is -1.76. The van der Waals surface area contributed by atoms with Crippen LogP contribution in [0.2, 0.25) is 0 Å². The van der Waals surface area contributed by atoms with Gasteiger partial charge in [-0.25, -0.2) is 8.78 Å². The molecular weight excluding hydrogens is 298 g/mol. The van der Waals surface area contributed by atoms with E-state index >= 15 is 0 Å². The number of hydrogen-bond acceptors (Lipinski definition) is 3. The zero-order valence-corrected chi connectivity index (χ0v) is 9.79. The van der Waals surface area contributed by atoms with Crippen molar-refractivity contribution in [1.82, 2.24) is 5.16 Å². The maximum absolute atomic E-state index is 13.4. The smallest absolute Gasteiger partial charge is 0.277 e. The molecule has 1 amide bonds. The van der Waals surface area contributed by atoms with Gasteiger partial charge in [0.25, 0.3) is 5.91 Å². The molecule has 0 unspecified atom stereocenters. The van der Waals surface area contributed by atoms with Crippen LogP contribution >= 0.6 is 15.9 Å². The van der Waals surface area contributed by atoms with Crippen LogP contribution < -0.4 is 5.32 Å². The summed E-state index contributed by atoms with van der Waals surface area (Å²) >= 11 is 2.83. The van der Waals surface area contributed by atoms with Gasteiger partial charge in [0.1, 0.15) is 17.9 Å². The molecule has 0 spiro atoms. The number of amides is 1. The summed E-state index contributed by atoms with van der Waals surface area (Å²) in [6, 6.07) is 3.10. The fourth-order valence-electron chi connectivity index (χ4n) is 1.13. The lowest BCUT2D eigenvalue weighted by atomic mass is 10.3. The Morgan fingerprint density at radius 2 is 2.12 bits per heavy atom. The molecule has 1 N–H and O–H groups in total. The van der Waals surface area contributed by atoms with Crippen LogP contribution in [0.5, 0.6) is 0 Å². The Kier molecular flexibility index (Phi) is 3.19. The van der Waals surface area contributed by atoms with Crippen LogP contribution in [-0.4, -0.2) is 11.1 Å². The van der Waals surface area contributed by atoms with E-state index in [4.69, 9.17) is 0 Å². The molecule has 0 saturated heterocycles. The van der Waals surface area contributed by atoms with Gasteiger partial charge in [-0.05, 0) is 22.0 Å². The summed E-state index contributed by atoms with van der Waals surface area (Å²) in [5, 5.41) is 5.55. The van der Waals surface area contributed by atoms with Crippen molar-refractivity contribution in [3.05, 3.63) is 46.3 Å². The molecule has 0 aliphatic carbocycles. The van der Waals surface area contributed by atoms with Crippen molar-refractivity contribution in [2.24, 2.45) is 0 Å². The normalized spacial score (nSPS) is 10.3. The zero-order chi connectivity index (χ0) is 12.4. The molecule has 88 valence electrons. The van der Waals surface area contributed by atoms with Gasteiger partial charge in [-0.1, -0.05) is 5.16 Å². The number of carbonyl (C=O) groups is 1. The maximum Gasteiger partial charge on any atom is 0.277 e. The standard InChI is InChI=1S/C10H5BrF2N2O2/c11-5-3-7(13)9(4-6(5)12)14-10(16)8-1-2-17-15-8/h1-4H,(H,14,16).